The third-order valence-electron chi connectivity index (χ3n) is 2.07. The average molecular weight is 299 g/mol. The van der Waals surface area contributed by atoms with Crippen molar-refractivity contribution in [1.29, 1.82) is 0 Å². The van der Waals surface area contributed by atoms with Gasteiger partial charge in [0.05, 0.1) is 13.2 Å². The van der Waals surface area contributed by atoms with Gasteiger partial charge in [-0.2, -0.15) is 0 Å². The number of carbonyl (C=O) groups is 2. The Bertz CT molecular complexity index is 497. The first kappa shape index (κ1) is 16.0. The zero-order valence-electron chi connectivity index (χ0n) is 11.2. The summed E-state index contributed by atoms with van der Waals surface area (Å²) in [6.45, 7) is 3.61. The summed E-state index contributed by atoms with van der Waals surface area (Å²) in [5.74, 6) is -1.13. The van der Waals surface area contributed by atoms with Crippen molar-refractivity contribution in [2.75, 3.05) is 18.5 Å². The van der Waals surface area contributed by atoms with Crippen molar-refractivity contribution in [2.45, 2.75) is 13.8 Å². The van der Waals surface area contributed by atoms with Crippen LogP contribution in [0.4, 0.5) is 5.82 Å². The maximum Gasteiger partial charge on any atom is 0.347 e. The van der Waals surface area contributed by atoms with Crippen molar-refractivity contribution in [1.82, 2.24) is 4.98 Å². The summed E-state index contributed by atoms with van der Waals surface area (Å²) in [7, 11) is 0. The van der Waals surface area contributed by atoms with Crippen LogP contribution in [0.15, 0.2) is 30.0 Å². The Labute approximate surface area is 121 Å². The fourth-order valence-corrected chi connectivity index (χ4v) is 1.42. The summed E-state index contributed by atoms with van der Waals surface area (Å²) in [6, 6.07) is 4.92. The highest BCUT2D eigenvalue weighted by molar-refractivity contribution is 6.29. The molecule has 0 saturated carbocycles. The van der Waals surface area contributed by atoms with Gasteiger partial charge in [0.2, 0.25) is 0 Å². The van der Waals surface area contributed by atoms with Crippen LogP contribution in [0.3, 0.4) is 0 Å². The molecule has 0 unspecified atom stereocenters. The molecule has 1 aromatic heterocycles. The van der Waals surface area contributed by atoms with E-state index in [-0.39, 0.29) is 23.9 Å². The highest BCUT2D eigenvalue weighted by atomic mass is 35.5. The summed E-state index contributed by atoms with van der Waals surface area (Å²) in [5.41, 5.74) is -0.240. The smallest absolute Gasteiger partial charge is 0.347 e. The van der Waals surface area contributed by atoms with Crippen LogP contribution in [0, 0.1) is 0 Å². The van der Waals surface area contributed by atoms with E-state index in [0.29, 0.717) is 5.82 Å². The molecular formula is C13H15ClN2O4. The van der Waals surface area contributed by atoms with Gasteiger partial charge >= 0.3 is 11.9 Å². The van der Waals surface area contributed by atoms with E-state index in [1.54, 1.807) is 32.0 Å². The Morgan fingerprint density at radius 3 is 2.35 bits per heavy atom. The lowest BCUT2D eigenvalue weighted by molar-refractivity contribution is -0.146. The summed E-state index contributed by atoms with van der Waals surface area (Å²) in [5, 5.41) is 2.99. The van der Waals surface area contributed by atoms with Gasteiger partial charge in [0.1, 0.15) is 11.0 Å². The number of aromatic nitrogens is 1. The molecule has 0 radical (unpaired) electrons. The van der Waals surface area contributed by atoms with Crippen LogP contribution >= 0.6 is 11.6 Å². The van der Waals surface area contributed by atoms with Gasteiger partial charge in [-0.15, -0.1) is 0 Å². The SMILES string of the molecule is CCOC(=O)C(=CNc1cccc(Cl)n1)C(=O)OCC. The van der Waals surface area contributed by atoms with E-state index < -0.39 is 11.9 Å². The number of esters is 2. The molecule has 0 fully saturated rings. The zero-order chi connectivity index (χ0) is 15.0. The van der Waals surface area contributed by atoms with E-state index in [0.717, 1.165) is 0 Å². The molecule has 1 N–H and O–H groups in total. The number of rotatable bonds is 6. The predicted octanol–water partition coefficient (Wildman–Crippen LogP) is 2.16. The summed E-state index contributed by atoms with van der Waals surface area (Å²) in [6.07, 6.45) is 1.19. The molecule has 0 amide bonds. The quantitative estimate of drug-likeness (QED) is 0.285. The van der Waals surface area contributed by atoms with Crippen LogP contribution in [0.25, 0.3) is 0 Å². The lowest BCUT2D eigenvalue weighted by Crippen LogP contribution is -2.19. The van der Waals surface area contributed by atoms with E-state index in [4.69, 9.17) is 21.1 Å². The van der Waals surface area contributed by atoms with Gasteiger partial charge in [-0.25, -0.2) is 14.6 Å². The molecule has 0 bridgehead atoms. The number of hydrogen-bond donors (Lipinski definition) is 1. The summed E-state index contributed by atoms with van der Waals surface area (Å²) < 4.78 is 9.58. The van der Waals surface area contributed by atoms with Crippen molar-refractivity contribution in [3.8, 4) is 0 Å². The first-order chi connectivity index (χ1) is 9.58. The molecular weight excluding hydrogens is 284 g/mol. The molecule has 0 aliphatic heterocycles. The van der Waals surface area contributed by atoms with Crippen LogP contribution < -0.4 is 5.32 Å². The van der Waals surface area contributed by atoms with Crippen LogP contribution in [0.1, 0.15) is 13.8 Å². The van der Waals surface area contributed by atoms with Gasteiger partial charge in [0.15, 0.2) is 5.57 Å². The van der Waals surface area contributed by atoms with Gasteiger partial charge in [0, 0.05) is 6.20 Å². The second kappa shape index (κ2) is 8.16. The first-order valence-electron chi connectivity index (χ1n) is 6.02. The molecule has 1 aromatic rings. The number of hydrogen-bond acceptors (Lipinski definition) is 6. The molecule has 0 aliphatic rings. The molecule has 1 rings (SSSR count). The standard InChI is InChI=1S/C13H15ClN2O4/c1-3-19-12(17)9(13(18)20-4-2)8-15-11-7-5-6-10(14)16-11/h5-8H,3-4H2,1-2H3,(H,15,16). The number of ether oxygens (including phenoxy) is 2. The van der Waals surface area contributed by atoms with Crippen LogP contribution in [0.2, 0.25) is 5.15 Å². The molecule has 0 atom stereocenters. The minimum absolute atomic E-state index is 0.158. The second-order valence-electron chi connectivity index (χ2n) is 3.49. The Morgan fingerprint density at radius 1 is 1.25 bits per heavy atom. The van der Waals surface area contributed by atoms with Crippen molar-refractivity contribution < 1.29 is 19.1 Å². The average Bonchev–Trinajstić information content (AvgIpc) is 2.39. The van der Waals surface area contributed by atoms with E-state index in [1.807, 2.05) is 0 Å². The van der Waals surface area contributed by atoms with E-state index in [1.165, 1.54) is 6.20 Å². The Kier molecular flexibility index (Phi) is 6.52. The zero-order valence-corrected chi connectivity index (χ0v) is 11.9. The minimum Gasteiger partial charge on any atom is -0.462 e. The minimum atomic E-state index is -0.763. The molecule has 20 heavy (non-hydrogen) atoms. The number of pyridine rings is 1. The fraction of sp³-hybridized carbons (Fsp3) is 0.308. The Morgan fingerprint density at radius 2 is 1.85 bits per heavy atom. The molecule has 7 heteroatoms. The maximum absolute atomic E-state index is 11.7. The molecule has 0 spiro atoms. The van der Waals surface area contributed by atoms with E-state index in [9.17, 15) is 9.59 Å². The van der Waals surface area contributed by atoms with Crippen LogP contribution in [0.5, 0.6) is 0 Å². The van der Waals surface area contributed by atoms with Gasteiger partial charge in [0.25, 0.3) is 0 Å². The van der Waals surface area contributed by atoms with Crippen molar-refractivity contribution in [3.63, 3.8) is 0 Å². The van der Waals surface area contributed by atoms with Gasteiger partial charge in [-0.05, 0) is 26.0 Å². The molecule has 0 saturated heterocycles. The predicted molar refractivity (Wildman–Crippen MR) is 74.2 cm³/mol. The topological polar surface area (TPSA) is 77.5 Å². The maximum atomic E-state index is 11.7. The lowest BCUT2D eigenvalue weighted by Gasteiger charge is -2.07. The third kappa shape index (κ3) is 4.89. The molecule has 6 nitrogen and oxygen atoms in total. The number of nitrogens with zero attached hydrogens (tertiary/aromatic N) is 1. The van der Waals surface area contributed by atoms with Gasteiger partial charge in [-0.3, -0.25) is 0 Å². The van der Waals surface area contributed by atoms with Crippen molar-refractivity contribution in [3.05, 3.63) is 35.1 Å². The van der Waals surface area contributed by atoms with Crippen molar-refractivity contribution in [2.24, 2.45) is 0 Å². The first-order valence-corrected chi connectivity index (χ1v) is 6.39. The lowest BCUT2D eigenvalue weighted by atomic mass is 10.3. The largest absolute Gasteiger partial charge is 0.462 e. The van der Waals surface area contributed by atoms with Crippen LogP contribution in [-0.4, -0.2) is 30.1 Å². The number of halogens is 1. The summed E-state index contributed by atoms with van der Waals surface area (Å²) in [4.78, 5) is 27.3. The monoisotopic (exact) mass is 298 g/mol. The van der Waals surface area contributed by atoms with Gasteiger partial charge in [-0.1, -0.05) is 17.7 Å². The van der Waals surface area contributed by atoms with Gasteiger partial charge < -0.3 is 14.8 Å². The molecule has 0 aromatic carbocycles. The second-order valence-corrected chi connectivity index (χ2v) is 3.88. The highest BCUT2D eigenvalue weighted by Crippen LogP contribution is 2.10. The van der Waals surface area contributed by atoms with E-state index in [2.05, 4.69) is 10.3 Å². The number of anilines is 1. The fourth-order valence-electron chi connectivity index (χ4n) is 1.25. The normalized spacial score (nSPS) is 9.55. The van der Waals surface area contributed by atoms with Crippen LogP contribution in [-0.2, 0) is 19.1 Å². The van der Waals surface area contributed by atoms with E-state index >= 15 is 0 Å². The summed E-state index contributed by atoms with van der Waals surface area (Å²) >= 11 is 5.73. The Hall–Kier alpha value is -2.08. The molecule has 1 heterocycles. The number of nitrogens with one attached hydrogen (secondary N) is 1. The van der Waals surface area contributed by atoms with Crippen molar-refractivity contribution >= 4 is 29.4 Å². The molecule has 0 aliphatic carbocycles. The highest BCUT2D eigenvalue weighted by Gasteiger charge is 2.20. The number of carbonyl (C=O) groups excluding carboxylic acids is 2. The Balaban J connectivity index is 2.89. The molecule has 108 valence electrons. The third-order valence-corrected chi connectivity index (χ3v) is 2.28.